The van der Waals surface area contributed by atoms with E-state index in [0.29, 0.717) is 28.7 Å². The van der Waals surface area contributed by atoms with Gasteiger partial charge in [-0.05, 0) is 36.6 Å². The predicted octanol–water partition coefficient (Wildman–Crippen LogP) is 3.52. The highest BCUT2D eigenvalue weighted by Crippen LogP contribution is 2.16. The Bertz CT molecular complexity index is 710. The SMILES string of the molecule is CCCCNC(=O)c1ccc(NC(=O)c2nnc(CC(C)C)s2)cc1. The summed E-state index contributed by atoms with van der Waals surface area (Å²) in [7, 11) is 0. The Morgan fingerprint density at radius 2 is 1.84 bits per heavy atom. The van der Waals surface area contributed by atoms with Gasteiger partial charge < -0.3 is 10.6 Å². The fraction of sp³-hybridized carbons (Fsp3) is 0.444. The molecule has 6 nitrogen and oxygen atoms in total. The van der Waals surface area contributed by atoms with Gasteiger partial charge in [0.2, 0.25) is 5.01 Å². The molecule has 1 aromatic carbocycles. The molecule has 1 heterocycles. The Labute approximate surface area is 152 Å². The second kappa shape index (κ2) is 9.27. The van der Waals surface area contributed by atoms with Crippen LogP contribution >= 0.6 is 11.3 Å². The van der Waals surface area contributed by atoms with Crippen LogP contribution in [0, 0.1) is 5.92 Å². The van der Waals surface area contributed by atoms with Crippen molar-refractivity contribution in [2.75, 3.05) is 11.9 Å². The van der Waals surface area contributed by atoms with Gasteiger partial charge in [0.1, 0.15) is 5.01 Å². The lowest BCUT2D eigenvalue weighted by atomic mass is 10.1. The Morgan fingerprint density at radius 3 is 2.48 bits per heavy atom. The summed E-state index contributed by atoms with van der Waals surface area (Å²) in [4.78, 5) is 24.2. The molecule has 2 aromatic rings. The molecule has 2 rings (SSSR count). The molecule has 0 fully saturated rings. The first-order valence-corrected chi connectivity index (χ1v) is 9.33. The molecule has 25 heavy (non-hydrogen) atoms. The second-order valence-electron chi connectivity index (χ2n) is 6.24. The molecule has 0 bridgehead atoms. The van der Waals surface area contributed by atoms with Crippen molar-refractivity contribution in [1.29, 1.82) is 0 Å². The van der Waals surface area contributed by atoms with Gasteiger partial charge in [-0.2, -0.15) is 0 Å². The van der Waals surface area contributed by atoms with Gasteiger partial charge in [0.15, 0.2) is 0 Å². The van der Waals surface area contributed by atoms with Crippen LogP contribution in [0.2, 0.25) is 0 Å². The van der Waals surface area contributed by atoms with E-state index in [-0.39, 0.29) is 11.8 Å². The maximum atomic E-state index is 12.2. The summed E-state index contributed by atoms with van der Waals surface area (Å²) in [5.74, 6) is 0.0845. The van der Waals surface area contributed by atoms with Gasteiger partial charge >= 0.3 is 0 Å². The average molecular weight is 360 g/mol. The average Bonchev–Trinajstić information content (AvgIpc) is 3.03. The molecule has 0 atom stereocenters. The lowest BCUT2D eigenvalue weighted by molar-refractivity contribution is 0.0952. The Morgan fingerprint density at radius 1 is 1.12 bits per heavy atom. The zero-order chi connectivity index (χ0) is 18.2. The van der Waals surface area contributed by atoms with E-state index < -0.39 is 0 Å². The summed E-state index contributed by atoms with van der Waals surface area (Å²) >= 11 is 1.31. The highest BCUT2D eigenvalue weighted by Gasteiger charge is 2.14. The molecule has 1 aromatic heterocycles. The van der Waals surface area contributed by atoms with Crippen molar-refractivity contribution < 1.29 is 9.59 Å². The van der Waals surface area contributed by atoms with E-state index in [1.165, 1.54) is 11.3 Å². The predicted molar refractivity (Wildman–Crippen MR) is 100 cm³/mol. The highest BCUT2D eigenvalue weighted by molar-refractivity contribution is 7.13. The number of carbonyl (C=O) groups excluding carboxylic acids is 2. The van der Waals surface area contributed by atoms with Crippen LogP contribution in [-0.4, -0.2) is 28.6 Å². The molecule has 0 spiro atoms. The lowest BCUT2D eigenvalue weighted by Gasteiger charge is -2.06. The van der Waals surface area contributed by atoms with Gasteiger partial charge in [0.25, 0.3) is 11.8 Å². The minimum Gasteiger partial charge on any atom is -0.352 e. The first-order chi connectivity index (χ1) is 12.0. The van der Waals surface area contributed by atoms with Crippen LogP contribution in [0.3, 0.4) is 0 Å². The molecule has 0 aliphatic heterocycles. The van der Waals surface area contributed by atoms with E-state index in [1.807, 2.05) is 0 Å². The van der Waals surface area contributed by atoms with Crippen LogP contribution in [0.5, 0.6) is 0 Å². The number of hydrogen-bond acceptors (Lipinski definition) is 5. The molecule has 2 N–H and O–H groups in total. The molecule has 134 valence electrons. The van der Waals surface area contributed by atoms with E-state index in [9.17, 15) is 9.59 Å². The van der Waals surface area contributed by atoms with Crippen LogP contribution in [0.15, 0.2) is 24.3 Å². The summed E-state index contributed by atoms with van der Waals surface area (Å²) in [6.45, 7) is 6.94. The molecule has 0 aliphatic rings. The van der Waals surface area contributed by atoms with Crippen LogP contribution < -0.4 is 10.6 Å². The van der Waals surface area contributed by atoms with Crippen LogP contribution in [0.4, 0.5) is 5.69 Å². The summed E-state index contributed by atoms with van der Waals surface area (Å²) in [5.41, 5.74) is 1.19. The van der Waals surface area contributed by atoms with Crippen LogP contribution in [0.1, 0.15) is 58.8 Å². The smallest absolute Gasteiger partial charge is 0.286 e. The molecule has 0 radical (unpaired) electrons. The number of aromatic nitrogens is 2. The van der Waals surface area contributed by atoms with Crippen molar-refractivity contribution in [3.63, 3.8) is 0 Å². The van der Waals surface area contributed by atoms with Gasteiger partial charge in [-0.15, -0.1) is 10.2 Å². The Hall–Kier alpha value is -2.28. The van der Waals surface area contributed by atoms with Crippen molar-refractivity contribution in [3.8, 4) is 0 Å². The molecule has 0 unspecified atom stereocenters. The third-order valence-electron chi connectivity index (χ3n) is 3.46. The normalized spacial score (nSPS) is 10.7. The van der Waals surface area contributed by atoms with Gasteiger partial charge in [0, 0.05) is 24.2 Å². The monoisotopic (exact) mass is 360 g/mol. The highest BCUT2D eigenvalue weighted by atomic mass is 32.1. The maximum Gasteiger partial charge on any atom is 0.286 e. The van der Waals surface area contributed by atoms with Crippen molar-refractivity contribution in [2.45, 2.75) is 40.0 Å². The summed E-state index contributed by atoms with van der Waals surface area (Å²) < 4.78 is 0. The lowest BCUT2D eigenvalue weighted by Crippen LogP contribution is -2.24. The molecular formula is C18H24N4O2S. The summed E-state index contributed by atoms with van der Waals surface area (Å²) in [6, 6.07) is 6.81. The van der Waals surface area contributed by atoms with E-state index >= 15 is 0 Å². The minimum atomic E-state index is -0.285. The van der Waals surface area contributed by atoms with Crippen molar-refractivity contribution in [1.82, 2.24) is 15.5 Å². The van der Waals surface area contributed by atoms with E-state index in [1.54, 1.807) is 24.3 Å². The first kappa shape index (κ1) is 19.1. The Balaban J connectivity index is 1.93. The second-order valence-corrected chi connectivity index (χ2v) is 7.30. The fourth-order valence-electron chi connectivity index (χ4n) is 2.15. The zero-order valence-electron chi connectivity index (χ0n) is 14.8. The third-order valence-corrected chi connectivity index (χ3v) is 4.41. The van der Waals surface area contributed by atoms with Gasteiger partial charge in [-0.3, -0.25) is 9.59 Å². The zero-order valence-corrected chi connectivity index (χ0v) is 15.7. The summed E-state index contributed by atoms with van der Waals surface area (Å²) in [5, 5.41) is 14.8. The van der Waals surface area contributed by atoms with Crippen LogP contribution in [-0.2, 0) is 6.42 Å². The van der Waals surface area contributed by atoms with E-state index in [2.05, 4.69) is 41.6 Å². The van der Waals surface area contributed by atoms with Gasteiger partial charge in [0.05, 0.1) is 0 Å². The van der Waals surface area contributed by atoms with Gasteiger partial charge in [-0.25, -0.2) is 0 Å². The number of nitrogens with zero attached hydrogens (tertiary/aromatic N) is 2. The number of amides is 2. The number of unbranched alkanes of at least 4 members (excludes halogenated alkanes) is 1. The quantitative estimate of drug-likeness (QED) is 0.706. The third kappa shape index (κ3) is 5.94. The maximum absolute atomic E-state index is 12.2. The number of hydrogen-bond donors (Lipinski definition) is 2. The molecule has 0 aliphatic carbocycles. The number of nitrogens with one attached hydrogen (secondary N) is 2. The largest absolute Gasteiger partial charge is 0.352 e. The molecular weight excluding hydrogens is 336 g/mol. The first-order valence-electron chi connectivity index (χ1n) is 8.51. The standard InChI is InChI=1S/C18H24N4O2S/c1-4-5-10-19-16(23)13-6-8-14(9-7-13)20-17(24)18-22-21-15(25-18)11-12(2)3/h6-9,12H,4-5,10-11H2,1-3H3,(H,19,23)(H,20,24). The molecule has 0 saturated carbocycles. The van der Waals surface area contributed by atoms with E-state index in [4.69, 9.17) is 0 Å². The topological polar surface area (TPSA) is 84.0 Å². The molecule has 0 saturated heterocycles. The summed E-state index contributed by atoms with van der Waals surface area (Å²) in [6.07, 6.45) is 2.81. The van der Waals surface area contributed by atoms with Crippen molar-refractivity contribution in [3.05, 3.63) is 39.8 Å². The van der Waals surface area contributed by atoms with Gasteiger partial charge in [-0.1, -0.05) is 38.5 Å². The number of rotatable bonds is 8. The number of benzene rings is 1. The number of anilines is 1. The van der Waals surface area contributed by atoms with Crippen molar-refractivity contribution >= 4 is 28.8 Å². The fourth-order valence-corrected chi connectivity index (χ4v) is 3.09. The minimum absolute atomic E-state index is 0.103. The molecule has 7 heteroatoms. The van der Waals surface area contributed by atoms with E-state index in [0.717, 1.165) is 24.3 Å². The number of carbonyl (C=O) groups is 2. The molecule has 2 amide bonds. The van der Waals surface area contributed by atoms with Crippen molar-refractivity contribution in [2.24, 2.45) is 5.92 Å². The Kier molecular flexibility index (Phi) is 7.06. The van der Waals surface area contributed by atoms with Crippen LogP contribution in [0.25, 0.3) is 0 Å².